The first-order chi connectivity index (χ1) is 17.0. The van der Waals surface area contributed by atoms with Gasteiger partial charge in [-0.2, -0.15) is 0 Å². The van der Waals surface area contributed by atoms with Crippen molar-refractivity contribution >= 4 is 45.4 Å². The lowest BCUT2D eigenvalue weighted by Gasteiger charge is -2.50. The maximum Gasteiger partial charge on any atom is 0.319 e. The normalized spacial score (nSPS) is 25.9. The summed E-state index contributed by atoms with van der Waals surface area (Å²) < 4.78 is 0. The summed E-state index contributed by atoms with van der Waals surface area (Å²) in [6, 6.07) is 13.9. The van der Waals surface area contributed by atoms with Gasteiger partial charge in [-0.25, -0.2) is 14.8 Å². The molecule has 2 amide bonds. The molecule has 35 heavy (non-hydrogen) atoms. The number of aromatic nitrogens is 2. The number of rotatable bonds is 4. The number of carbonyl (C=O) groups excluding carboxylic acids is 1. The van der Waals surface area contributed by atoms with Gasteiger partial charge in [0.2, 0.25) is 0 Å². The Morgan fingerprint density at radius 2 is 1.51 bits per heavy atom. The van der Waals surface area contributed by atoms with Crippen LogP contribution in [0.2, 0.25) is 0 Å². The van der Waals surface area contributed by atoms with Crippen LogP contribution in [0.3, 0.4) is 0 Å². The van der Waals surface area contributed by atoms with Crippen LogP contribution in [0.5, 0.6) is 0 Å². The average Bonchev–Trinajstić information content (AvgIpc) is 3.51. The molecule has 0 radical (unpaired) electrons. The van der Waals surface area contributed by atoms with Crippen LogP contribution in [-0.2, 0) is 0 Å². The summed E-state index contributed by atoms with van der Waals surface area (Å²) >= 11 is 3.33. The zero-order chi connectivity index (χ0) is 24.0. The number of nitrogens with zero attached hydrogens (tertiary/aromatic N) is 2. The zero-order valence-corrected chi connectivity index (χ0v) is 21.7. The Morgan fingerprint density at radius 1 is 0.886 bits per heavy atom. The molecule has 7 heteroatoms. The van der Waals surface area contributed by atoms with Crippen LogP contribution in [-0.4, -0.2) is 21.5 Å². The third-order valence-corrected chi connectivity index (χ3v) is 9.19. The lowest BCUT2D eigenvalue weighted by atomic mass is 9.61. The molecule has 0 aliphatic heterocycles. The number of amides is 2. The highest BCUT2D eigenvalue weighted by Gasteiger charge is 2.45. The number of hydrogen-bond acceptors (Lipinski definition) is 5. The molecule has 2 N–H and O–H groups in total. The Balaban J connectivity index is 1.28. The quantitative estimate of drug-likeness (QED) is 0.299. The minimum atomic E-state index is -0.118. The standard InChI is InChI=1S/C28H30N4OS2/c1-17-11-19-12-18(2)15-28(14-17,16-19)32-27(33)29-20-7-8-21-22(13-20)31-26(24-6-4-10-35-24)25(30-21)23-5-3-9-34-23/h3-10,13,17-19H,11-12,14-16H2,1-2H3,(H2,29,32,33). The van der Waals surface area contributed by atoms with E-state index in [4.69, 9.17) is 9.97 Å². The van der Waals surface area contributed by atoms with E-state index in [-0.39, 0.29) is 11.6 Å². The summed E-state index contributed by atoms with van der Waals surface area (Å²) in [4.78, 5) is 25.3. The van der Waals surface area contributed by atoms with E-state index in [0.717, 1.165) is 63.0 Å². The number of urea groups is 1. The van der Waals surface area contributed by atoms with E-state index < -0.39 is 0 Å². The minimum absolute atomic E-state index is 0.0807. The van der Waals surface area contributed by atoms with Crippen molar-refractivity contribution in [2.24, 2.45) is 17.8 Å². The van der Waals surface area contributed by atoms with Gasteiger partial charge >= 0.3 is 6.03 Å². The highest BCUT2D eigenvalue weighted by molar-refractivity contribution is 7.14. The molecule has 0 saturated heterocycles. The Hall–Kier alpha value is -2.77. The van der Waals surface area contributed by atoms with Crippen LogP contribution in [0.1, 0.15) is 46.0 Å². The number of hydrogen-bond donors (Lipinski definition) is 2. The topological polar surface area (TPSA) is 66.9 Å². The van der Waals surface area contributed by atoms with Gasteiger partial charge in [-0.1, -0.05) is 26.0 Å². The summed E-state index contributed by atoms with van der Waals surface area (Å²) in [6.45, 7) is 4.65. The number of fused-ring (bicyclic) bond motifs is 3. The van der Waals surface area contributed by atoms with Crippen molar-refractivity contribution in [1.29, 1.82) is 0 Å². The lowest BCUT2D eigenvalue weighted by molar-refractivity contribution is 0.0641. The van der Waals surface area contributed by atoms with Crippen LogP contribution in [0.25, 0.3) is 32.2 Å². The fraction of sp³-hybridized carbons (Fsp3) is 0.393. The Bertz CT molecular complexity index is 1330. The van der Waals surface area contributed by atoms with Gasteiger partial charge in [-0.05, 0) is 90.9 Å². The van der Waals surface area contributed by atoms with E-state index in [9.17, 15) is 4.79 Å². The first-order valence-electron chi connectivity index (χ1n) is 12.5. The molecule has 0 spiro atoms. The molecule has 3 heterocycles. The van der Waals surface area contributed by atoms with Crippen molar-refractivity contribution in [3.05, 3.63) is 53.2 Å². The van der Waals surface area contributed by atoms with Crippen molar-refractivity contribution in [2.45, 2.75) is 51.5 Å². The van der Waals surface area contributed by atoms with Gasteiger partial charge in [0.05, 0.1) is 20.8 Å². The third kappa shape index (κ3) is 4.59. The van der Waals surface area contributed by atoms with Gasteiger partial charge < -0.3 is 10.6 Å². The van der Waals surface area contributed by atoms with E-state index in [1.54, 1.807) is 22.7 Å². The molecule has 2 aliphatic rings. The predicted molar refractivity (Wildman–Crippen MR) is 146 cm³/mol. The summed E-state index contributed by atoms with van der Waals surface area (Å²) in [5.41, 5.74) is 4.05. The second-order valence-electron chi connectivity index (χ2n) is 10.6. The molecule has 2 fully saturated rings. The van der Waals surface area contributed by atoms with Crippen LogP contribution in [0.15, 0.2) is 53.2 Å². The van der Waals surface area contributed by atoms with Crippen molar-refractivity contribution in [3.63, 3.8) is 0 Å². The molecular weight excluding hydrogens is 472 g/mol. The average molecular weight is 503 g/mol. The van der Waals surface area contributed by atoms with Crippen molar-refractivity contribution in [1.82, 2.24) is 15.3 Å². The zero-order valence-electron chi connectivity index (χ0n) is 20.1. The van der Waals surface area contributed by atoms with Crippen LogP contribution in [0.4, 0.5) is 10.5 Å². The molecule has 2 atom stereocenters. The number of anilines is 1. The molecular formula is C28H30N4OS2. The summed E-state index contributed by atoms with van der Waals surface area (Å²) in [6.07, 6.45) is 5.83. The number of benzene rings is 1. The highest BCUT2D eigenvalue weighted by atomic mass is 32.1. The van der Waals surface area contributed by atoms with Crippen molar-refractivity contribution in [3.8, 4) is 21.1 Å². The fourth-order valence-corrected chi connectivity index (χ4v) is 7.99. The first-order valence-corrected chi connectivity index (χ1v) is 14.2. The van der Waals surface area contributed by atoms with E-state index in [2.05, 4.69) is 47.4 Å². The summed E-state index contributed by atoms with van der Waals surface area (Å²) in [5.74, 6) is 2.04. The maximum atomic E-state index is 13.1. The Kier molecular flexibility index (Phi) is 5.85. The second kappa shape index (κ2) is 9.03. The lowest BCUT2D eigenvalue weighted by Crippen LogP contribution is -2.57. The minimum Gasteiger partial charge on any atom is -0.332 e. The molecule has 2 unspecified atom stereocenters. The van der Waals surface area contributed by atoms with E-state index in [1.807, 2.05) is 30.3 Å². The molecule has 5 nitrogen and oxygen atoms in total. The van der Waals surface area contributed by atoms with E-state index in [1.165, 1.54) is 12.8 Å². The first kappa shape index (κ1) is 22.7. The van der Waals surface area contributed by atoms with Crippen LogP contribution < -0.4 is 10.6 Å². The summed E-state index contributed by atoms with van der Waals surface area (Å²) in [7, 11) is 0. The SMILES string of the molecule is CC1CC2CC(C)CC(NC(=O)Nc3ccc4nc(-c5cccs5)c(-c5cccs5)nc4c3)(C1)C2. The van der Waals surface area contributed by atoms with Crippen LogP contribution in [0, 0.1) is 17.8 Å². The Labute approximate surface area is 214 Å². The molecule has 180 valence electrons. The van der Waals surface area contributed by atoms with Gasteiger partial charge in [0.1, 0.15) is 11.4 Å². The monoisotopic (exact) mass is 502 g/mol. The van der Waals surface area contributed by atoms with Gasteiger partial charge in [-0.3, -0.25) is 0 Å². The third-order valence-electron chi connectivity index (χ3n) is 7.44. The highest BCUT2D eigenvalue weighted by Crippen LogP contribution is 2.47. The fourth-order valence-electron chi connectivity index (χ4n) is 6.56. The predicted octanol–water partition coefficient (Wildman–Crippen LogP) is 7.81. The van der Waals surface area contributed by atoms with Crippen LogP contribution >= 0.6 is 22.7 Å². The number of carbonyl (C=O) groups is 1. The van der Waals surface area contributed by atoms with Crippen molar-refractivity contribution < 1.29 is 4.79 Å². The largest absolute Gasteiger partial charge is 0.332 e. The molecule has 6 rings (SSSR count). The molecule has 2 bridgehead atoms. The van der Waals surface area contributed by atoms with Crippen molar-refractivity contribution in [2.75, 3.05) is 5.32 Å². The second-order valence-corrected chi connectivity index (χ2v) is 12.5. The van der Waals surface area contributed by atoms with E-state index >= 15 is 0 Å². The summed E-state index contributed by atoms with van der Waals surface area (Å²) in [5, 5.41) is 10.6. The molecule has 3 aromatic heterocycles. The van der Waals surface area contributed by atoms with E-state index in [0.29, 0.717) is 11.8 Å². The molecule has 4 aromatic rings. The smallest absolute Gasteiger partial charge is 0.319 e. The van der Waals surface area contributed by atoms with Gasteiger partial charge in [-0.15, -0.1) is 22.7 Å². The molecule has 1 aromatic carbocycles. The Morgan fingerprint density at radius 3 is 2.11 bits per heavy atom. The van der Waals surface area contributed by atoms with Gasteiger partial charge in [0, 0.05) is 11.2 Å². The van der Waals surface area contributed by atoms with Gasteiger partial charge in [0.15, 0.2) is 0 Å². The van der Waals surface area contributed by atoms with Gasteiger partial charge in [0.25, 0.3) is 0 Å². The molecule has 2 saturated carbocycles. The number of thiophene rings is 2. The maximum absolute atomic E-state index is 13.1. The number of nitrogens with one attached hydrogen (secondary N) is 2. The molecule has 2 aliphatic carbocycles.